The first-order valence-electron chi connectivity index (χ1n) is 9.96. The zero-order valence-corrected chi connectivity index (χ0v) is 17.3. The largest absolute Gasteiger partial charge is 0.497 e. The summed E-state index contributed by atoms with van der Waals surface area (Å²) < 4.78 is 16.2. The Morgan fingerprint density at radius 3 is 2.70 bits per heavy atom. The van der Waals surface area contributed by atoms with E-state index in [-0.39, 0.29) is 0 Å². The Labute approximate surface area is 163 Å². The van der Waals surface area contributed by atoms with Crippen LogP contribution < -0.4 is 14.8 Å². The van der Waals surface area contributed by atoms with Gasteiger partial charge in [0.05, 0.1) is 14.2 Å². The molecule has 0 unspecified atom stereocenters. The van der Waals surface area contributed by atoms with E-state index in [9.17, 15) is 0 Å². The topological polar surface area (TPSA) is 55.3 Å². The Hall–Kier alpha value is -1.95. The van der Waals surface area contributed by atoms with Crippen LogP contribution in [0, 0.1) is 5.92 Å². The van der Waals surface area contributed by atoms with E-state index in [1.54, 1.807) is 14.2 Å². The van der Waals surface area contributed by atoms with Crippen molar-refractivity contribution in [3.05, 3.63) is 23.8 Å². The minimum atomic E-state index is 0.702. The Kier molecular flexibility index (Phi) is 9.25. The minimum Gasteiger partial charge on any atom is -0.497 e. The summed E-state index contributed by atoms with van der Waals surface area (Å²) in [7, 11) is 5.50. The maximum Gasteiger partial charge on any atom is 0.193 e. The molecule has 1 aliphatic rings. The highest BCUT2D eigenvalue weighted by Gasteiger charge is 2.15. The van der Waals surface area contributed by atoms with Gasteiger partial charge in [0.1, 0.15) is 11.5 Å². The van der Waals surface area contributed by atoms with Gasteiger partial charge >= 0.3 is 0 Å². The van der Waals surface area contributed by atoms with Crippen LogP contribution in [0.5, 0.6) is 11.5 Å². The van der Waals surface area contributed by atoms with Gasteiger partial charge in [-0.3, -0.25) is 4.99 Å². The summed E-state index contributed by atoms with van der Waals surface area (Å²) in [5, 5.41) is 3.40. The standard InChI is InChI=1S/C21H35N3O3/c1-5-22-21(24(2)13-9-17-10-14-27-15-11-17)23-12-8-18-16-19(25-3)6-7-20(18)26-4/h6-7,16-17H,5,8-15H2,1-4H3,(H,22,23). The molecule has 27 heavy (non-hydrogen) atoms. The van der Waals surface area contributed by atoms with E-state index in [0.717, 1.165) is 61.7 Å². The van der Waals surface area contributed by atoms with Crippen LogP contribution >= 0.6 is 0 Å². The van der Waals surface area contributed by atoms with Gasteiger partial charge in [0.2, 0.25) is 0 Å². The molecule has 0 aliphatic carbocycles. The van der Waals surface area contributed by atoms with E-state index < -0.39 is 0 Å². The van der Waals surface area contributed by atoms with Crippen LogP contribution in [0.25, 0.3) is 0 Å². The van der Waals surface area contributed by atoms with Gasteiger partial charge in [-0.05, 0) is 62.3 Å². The first kappa shape index (κ1) is 21.4. The van der Waals surface area contributed by atoms with Gasteiger partial charge in [0, 0.05) is 39.9 Å². The maximum absolute atomic E-state index is 5.46. The lowest BCUT2D eigenvalue weighted by molar-refractivity contribution is 0.0625. The number of methoxy groups -OCH3 is 2. The molecular formula is C21H35N3O3. The van der Waals surface area contributed by atoms with Gasteiger partial charge in [-0.2, -0.15) is 0 Å². The van der Waals surface area contributed by atoms with Gasteiger partial charge in [0.25, 0.3) is 0 Å². The van der Waals surface area contributed by atoms with E-state index in [2.05, 4.69) is 24.2 Å². The highest BCUT2D eigenvalue weighted by atomic mass is 16.5. The number of aliphatic imine (C=N–C) groups is 1. The molecule has 0 spiro atoms. The fourth-order valence-electron chi connectivity index (χ4n) is 3.35. The molecule has 1 aromatic rings. The average Bonchev–Trinajstić information content (AvgIpc) is 2.72. The molecule has 2 rings (SSSR count). The van der Waals surface area contributed by atoms with Crippen LogP contribution in [-0.2, 0) is 11.2 Å². The van der Waals surface area contributed by atoms with Gasteiger partial charge in [-0.15, -0.1) is 0 Å². The van der Waals surface area contributed by atoms with Gasteiger partial charge in [-0.25, -0.2) is 0 Å². The Morgan fingerprint density at radius 1 is 1.26 bits per heavy atom. The first-order valence-corrected chi connectivity index (χ1v) is 9.96. The number of hydrogen-bond acceptors (Lipinski definition) is 4. The number of nitrogens with one attached hydrogen (secondary N) is 1. The molecule has 152 valence electrons. The molecule has 1 aromatic carbocycles. The van der Waals surface area contributed by atoms with Crippen molar-refractivity contribution in [2.45, 2.75) is 32.6 Å². The van der Waals surface area contributed by atoms with Gasteiger partial charge in [0.15, 0.2) is 5.96 Å². The third-order valence-corrected chi connectivity index (χ3v) is 5.04. The molecule has 0 amide bonds. The summed E-state index contributed by atoms with van der Waals surface area (Å²) in [5.74, 6) is 3.45. The fraction of sp³-hybridized carbons (Fsp3) is 0.667. The van der Waals surface area contributed by atoms with Crippen LogP contribution in [0.15, 0.2) is 23.2 Å². The predicted octanol–water partition coefficient (Wildman–Crippen LogP) is 2.96. The number of nitrogens with zero attached hydrogens (tertiary/aromatic N) is 2. The maximum atomic E-state index is 5.46. The van der Waals surface area contributed by atoms with Gasteiger partial charge < -0.3 is 24.4 Å². The normalized spacial score (nSPS) is 15.5. The van der Waals surface area contributed by atoms with Crippen molar-refractivity contribution >= 4 is 5.96 Å². The Morgan fingerprint density at radius 2 is 2.04 bits per heavy atom. The van der Waals surface area contributed by atoms with E-state index in [1.165, 1.54) is 19.3 Å². The molecule has 1 heterocycles. The minimum absolute atomic E-state index is 0.702. The van der Waals surface area contributed by atoms with Crippen LogP contribution in [-0.4, -0.2) is 65.0 Å². The van der Waals surface area contributed by atoms with Crippen molar-refractivity contribution < 1.29 is 14.2 Å². The number of ether oxygens (including phenoxy) is 3. The van der Waals surface area contributed by atoms with E-state index in [0.29, 0.717) is 6.54 Å². The van der Waals surface area contributed by atoms with Crippen molar-refractivity contribution in [2.75, 3.05) is 54.1 Å². The highest BCUT2D eigenvalue weighted by Crippen LogP contribution is 2.24. The predicted molar refractivity (Wildman–Crippen MR) is 110 cm³/mol. The molecule has 6 heteroatoms. The summed E-state index contributed by atoms with van der Waals surface area (Å²) in [6, 6.07) is 5.89. The van der Waals surface area contributed by atoms with Crippen LogP contribution in [0.4, 0.5) is 0 Å². The van der Waals surface area contributed by atoms with E-state index >= 15 is 0 Å². The molecule has 0 aromatic heterocycles. The Balaban J connectivity index is 1.91. The molecule has 6 nitrogen and oxygen atoms in total. The molecule has 0 atom stereocenters. The zero-order chi connectivity index (χ0) is 19.5. The number of rotatable bonds is 9. The molecule has 0 bridgehead atoms. The zero-order valence-electron chi connectivity index (χ0n) is 17.3. The molecule has 0 saturated carbocycles. The lowest BCUT2D eigenvalue weighted by Gasteiger charge is -2.26. The monoisotopic (exact) mass is 377 g/mol. The second kappa shape index (κ2) is 11.7. The third-order valence-electron chi connectivity index (χ3n) is 5.04. The van der Waals surface area contributed by atoms with E-state index in [1.807, 2.05) is 18.2 Å². The average molecular weight is 378 g/mol. The van der Waals surface area contributed by atoms with Crippen molar-refractivity contribution in [1.29, 1.82) is 0 Å². The van der Waals surface area contributed by atoms with Crippen LogP contribution in [0.2, 0.25) is 0 Å². The lowest BCUT2D eigenvalue weighted by atomic mass is 9.96. The summed E-state index contributed by atoms with van der Waals surface area (Å²) in [6.45, 7) is 6.50. The number of benzene rings is 1. The van der Waals surface area contributed by atoms with Crippen LogP contribution in [0.3, 0.4) is 0 Å². The smallest absolute Gasteiger partial charge is 0.193 e. The molecule has 0 radical (unpaired) electrons. The fourth-order valence-corrected chi connectivity index (χ4v) is 3.35. The number of guanidine groups is 1. The summed E-state index contributed by atoms with van der Waals surface area (Å²) >= 11 is 0. The van der Waals surface area contributed by atoms with Crippen molar-refractivity contribution in [3.63, 3.8) is 0 Å². The molecule has 1 aliphatic heterocycles. The van der Waals surface area contributed by atoms with E-state index in [4.69, 9.17) is 19.2 Å². The summed E-state index contributed by atoms with van der Waals surface area (Å²) in [4.78, 5) is 7.05. The van der Waals surface area contributed by atoms with Crippen molar-refractivity contribution in [3.8, 4) is 11.5 Å². The Bertz CT molecular complexity index is 586. The molecule has 1 fully saturated rings. The first-order chi connectivity index (χ1) is 13.2. The van der Waals surface area contributed by atoms with Crippen molar-refractivity contribution in [1.82, 2.24) is 10.2 Å². The van der Waals surface area contributed by atoms with Crippen LogP contribution in [0.1, 0.15) is 31.7 Å². The lowest BCUT2D eigenvalue weighted by Crippen LogP contribution is -2.40. The summed E-state index contributed by atoms with van der Waals surface area (Å²) in [5.41, 5.74) is 1.11. The quantitative estimate of drug-likeness (QED) is 0.530. The molecule has 1 saturated heterocycles. The SMILES string of the molecule is CCNC(=NCCc1cc(OC)ccc1OC)N(C)CCC1CCOCC1. The number of hydrogen-bond donors (Lipinski definition) is 1. The third kappa shape index (κ3) is 6.94. The van der Waals surface area contributed by atoms with Gasteiger partial charge in [-0.1, -0.05) is 0 Å². The second-order valence-corrected chi connectivity index (χ2v) is 6.93. The van der Waals surface area contributed by atoms with Crippen molar-refractivity contribution in [2.24, 2.45) is 10.9 Å². The second-order valence-electron chi connectivity index (χ2n) is 6.93. The molecule has 1 N–H and O–H groups in total. The molecular weight excluding hydrogens is 342 g/mol. The summed E-state index contributed by atoms with van der Waals surface area (Å²) in [6.07, 6.45) is 4.35. The highest BCUT2D eigenvalue weighted by molar-refractivity contribution is 5.79.